The van der Waals surface area contributed by atoms with E-state index in [0.29, 0.717) is 12.1 Å². The molecule has 3 aromatic rings. The lowest BCUT2D eigenvalue weighted by Crippen LogP contribution is -2.38. The third-order valence-electron chi connectivity index (χ3n) is 4.55. The number of nitrogens with zero attached hydrogens (tertiary/aromatic N) is 3. The number of aromatic nitrogens is 3. The Morgan fingerprint density at radius 2 is 2.16 bits per heavy atom. The lowest BCUT2D eigenvalue weighted by molar-refractivity contribution is 0.0606. The van der Waals surface area contributed by atoms with E-state index in [4.69, 9.17) is 5.73 Å². The van der Waals surface area contributed by atoms with Crippen molar-refractivity contribution in [1.29, 1.82) is 0 Å². The maximum Gasteiger partial charge on any atom is 0.269 e. The van der Waals surface area contributed by atoms with Crippen LogP contribution in [-0.4, -0.2) is 38.4 Å². The first-order valence-electron chi connectivity index (χ1n) is 8.13. The second kappa shape index (κ2) is 6.29. The van der Waals surface area contributed by atoms with E-state index in [1.807, 2.05) is 23.1 Å². The van der Waals surface area contributed by atoms with Crippen LogP contribution in [0, 0.1) is 0 Å². The SMILES string of the molecule is NC(=O)c1cc(C2CCCCN2C(=O)c2ccc3ncsc3c2)[nH]n1. The van der Waals surface area contributed by atoms with Crippen LogP contribution in [0.15, 0.2) is 29.8 Å². The molecule has 2 aromatic heterocycles. The Morgan fingerprint density at radius 3 is 2.96 bits per heavy atom. The van der Waals surface area contributed by atoms with Crippen molar-refractivity contribution in [3.05, 3.63) is 46.7 Å². The average molecular weight is 355 g/mol. The molecule has 0 bridgehead atoms. The zero-order valence-corrected chi connectivity index (χ0v) is 14.3. The third-order valence-corrected chi connectivity index (χ3v) is 5.34. The van der Waals surface area contributed by atoms with Crippen molar-refractivity contribution in [2.75, 3.05) is 6.54 Å². The smallest absolute Gasteiger partial charge is 0.269 e. The van der Waals surface area contributed by atoms with Crippen LogP contribution in [0.2, 0.25) is 0 Å². The third kappa shape index (κ3) is 2.89. The highest BCUT2D eigenvalue weighted by atomic mass is 32.1. The molecule has 1 aromatic carbocycles. The first kappa shape index (κ1) is 15.8. The summed E-state index contributed by atoms with van der Waals surface area (Å²) < 4.78 is 0.997. The van der Waals surface area contributed by atoms with Crippen LogP contribution in [0.4, 0.5) is 0 Å². The lowest BCUT2D eigenvalue weighted by Gasteiger charge is -2.35. The number of H-pyrrole nitrogens is 1. The number of fused-ring (bicyclic) bond motifs is 1. The number of piperidine rings is 1. The second-order valence-electron chi connectivity index (χ2n) is 6.12. The van der Waals surface area contributed by atoms with Crippen LogP contribution in [0.25, 0.3) is 10.2 Å². The summed E-state index contributed by atoms with van der Waals surface area (Å²) in [6.07, 6.45) is 2.81. The van der Waals surface area contributed by atoms with E-state index in [9.17, 15) is 9.59 Å². The van der Waals surface area contributed by atoms with Crippen molar-refractivity contribution in [2.24, 2.45) is 5.73 Å². The van der Waals surface area contributed by atoms with Gasteiger partial charge < -0.3 is 10.6 Å². The predicted molar refractivity (Wildman–Crippen MR) is 94.4 cm³/mol. The molecule has 8 heteroatoms. The summed E-state index contributed by atoms with van der Waals surface area (Å²) in [7, 11) is 0. The zero-order chi connectivity index (χ0) is 17.4. The molecule has 0 saturated carbocycles. The number of carbonyl (C=O) groups is 2. The van der Waals surface area contributed by atoms with Crippen molar-refractivity contribution in [3.8, 4) is 0 Å². The number of amides is 2. The number of hydrogen-bond donors (Lipinski definition) is 2. The number of hydrogen-bond acceptors (Lipinski definition) is 5. The van der Waals surface area contributed by atoms with Gasteiger partial charge in [0.15, 0.2) is 0 Å². The van der Waals surface area contributed by atoms with E-state index in [-0.39, 0.29) is 17.6 Å². The summed E-state index contributed by atoms with van der Waals surface area (Å²) >= 11 is 1.52. The average Bonchev–Trinajstić information content (AvgIpc) is 3.29. The Morgan fingerprint density at radius 1 is 1.28 bits per heavy atom. The number of primary amides is 1. The number of likely N-dealkylation sites (tertiary alicyclic amines) is 1. The van der Waals surface area contributed by atoms with Crippen LogP contribution < -0.4 is 5.73 Å². The Kier molecular flexibility index (Phi) is 3.96. The van der Waals surface area contributed by atoms with Crippen LogP contribution in [0.5, 0.6) is 0 Å². The van der Waals surface area contributed by atoms with Gasteiger partial charge >= 0.3 is 0 Å². The van der Waals surface area contributed by atoms with Crippen LogP contribution in [0.3, 0.4) is 0 Å². The predicted octanol–water partition coefficient (Wildman–Crippen LogP) is 2.49. The van der Waals surface area contributed by atoms with Crippen molar-refractivity contribution in [1.82, 2.24) is 20.1 Å². The normalized spacial score (nSPS) is 17.8. The number of thiazole rings is 1. The van der Waals surface area contributed by atoms with Gasteiger partial charge in [-0.05, 0) is 43.5 Å². The van der Waals surface area contributed by atoms with Gasteiger partial charge in [0, 0.05) is 12.1 Å². The minimum atomic E-state index is -0.577. The molecule has 0 radical (unpaired) electrons. The fourth-order valence-electron chi connectivity index (χ4n) is 3.29. The van der Waals surface area contributed by atoms with Crippen molar-refractivity contribution >= 4 is 33.4 Å². The van der Waals surface area contributed by atoms with Gasteiger partial charge in [0.2, 0.25) is 0 Å². The van der Waals surface area contributed by atoms with Crippen molar-refractivity contribution in [2.45, 2.75) is 25.3 Å². The maximum absolute atomic E-state index is 13.1. The number of nitrogens with one attached hydrogen (secondary N) is 1. The second-order valence-corrected chi connectivity index (χ2v) is 7.00. The maximum atomic E-state index is 13.1. The van der Waals surface area contributed by atoms with Gasteiger partial charge in [0.1, 0.15) is 5.69 Å². The van der Waals surface area contributed by atoms with Gasteiger partial charge in [0.25, 0.3) is 11.8 Å². The Hall–Kier alpha value is -2.74. The molecule has 1 saturated heterocycles. The molecule has 25 heavy (non-hydrogen) atoms. The highest BCUT2D eigenvalue weighted by molar-refractivity contribution is 7.16. The first-order valence-corrected chi connectivity index (χ1v) is 9.01. The molecule has 0 spiro atoms. The standard InChI is InChI=1S/C17H17N5O2S/c18-16(23)13-8-12(20-21-13)14-3-1-2-6-22(14)17(24)10-4-5-11-15(7-10)25-9-19-11/h4-5,7-9,14H,1-3,6H2,(H2,18,23)(H,20,21). The molecule has 0 aliphatic carbocycles. The highest BCUT2D eigenvalue weighted by Gasteiger charge is 2.30. The highest BCUT2D eigenvalue weighted by Crippen LogP contribution is 2.32. The molecular weight excluding hydrogens is 338 g/mol. The fraction of sp³-hybridized carbons (Fsp3) is 0.294. The minimum Gasteiger partial charge on any atom is -0.364 e. The molecule has 3 N–H and O–H groups in total. The molecule has 4 rings (SSSR count). The number of rotatable bonds is 3. The van der Waals surface area contributed by atoms with E-state index in [1.54, 1.807) is 11.6 Å². The molecule has 1 fully saturated rings. The number of carbonyl (C=O) groups excluding carboxylic acids is 2. The van der Waals surface area contributed by atoms with Crippen LogP contribution >= 0.6 is 11.3 Å². The van der Waals surface area contributed by atoms with Gasteiger partial charge in [-0.2, -0.15) is 5.10 Å². The number of benzene rings is 1. The largest absolute Gasteiger partial charge is 0.364 e. The van der Waals surface area contributed by atoms with Crippen LogP contribution in [0.1, 0.15) is 51.8 Å². The topological polar surface area (TPSA) is 105 Å². The Labute approximate surface area is 147 Å². The van der Waals surface area contributed by atoms with Gasteiger partial charge in [-0.15, -0.1) is 11.3 Å². The molecular formula is C17H17N5O2S. The van der Waals surface area contributed by atoms with Crippen molar-refractivity contribution < 1.29 is 9.59 Å². The number of aromatic amines is 1. The van der Waals surface area contributed by atoms with Gasteiger partial charge in [0.05, 0.1) is 27.5 Å². The lowest BCUT2D eigenvalue weighted by atomic mass is 9.98. The summed E-state index contributed by atoms with van der Waals surface area (Å²) in [5.74, 6) is -0.595. The van der Waals surface area contributed by atoms with Gasteiger partial charge in [-0.3, -0.25) is 14.7 Å². The monoisotopic (exact) mass is 355 g/mol. The molecule has 2 amide bonds. The van der Waals surface area contributed by atoms with Gasteiger partial charge in [-0.25, -0.2) is 4.98 Å². The molecule has 1 unspecified atom stereocenters. The zero-order valence-electron chi connectivity index (χ0n) is 13.4. The van der Waals surface area contributed by atoms with E-state index < -0.39 is 5.91 Å². The van der Waals surface area contributed by atoms with E-state index in [1.165, 1.54) is 11.3 Å². The summed E-state index contributed by atoms with van der Waals surface area (Å²) in [4.78, 5) is 30.5. The van der Waals surface area contributed by atoms with Crippen molar-refractivity contribution in [3.63, 3.8) is 0 Å². The van der Waals surface area contributed by atoms with E-state index in [0.717, 1.165) is 35.2 Å². The van der Waals surface area contributed by atoms with Crippen LogP contribution in [-0.2, 0) is 0 Å². The first-order chi connectivity index (χ1) is 12.1. The quantitative estimate of drug-likeness (QED) is 0.753. The minimum absolute atomic E-state index is 0.0183. The Balaban J connectivity index is 1.65. The molecule has 128 valence electrons. The molecule has 7 nitrogen and oxygen atoms in total. The Bertz CT molecular complexity index is 947. The summed E-state index contributed by atoms with van der Waals surface area (Å²) in [5, 5.41) is 6.81. The fourth-order valence-corrected chi connectivity index (χ4v) is 4.00. The molecule has 3 heterocycles. The summed E-state index contributed by atoms with van der Waals surface area (Å²) in [6.45, 7) is 0.676. The summed E-state index contributed by atoms with van der Waals surface area (Å²) in [5.41, 5.74) is 9.55. The van der Waals surface area contributed by atoms with E-state index in [2.05, 4.69) is 15.2 Å². The van der Waals surface area contributed by atoms with E-state index >= 15 is 0 Å². The summed E-state index contributed by atoms with van der Waals surface area (Å²) in [6, 6.07) is 7.10. The molecule has 1 aliphatic heterocycles. The molecule has 1 atom stereocenters. The number of nitrogens with two attached hydrogens (primary N) is 1. The molecule has 1 aliphatic rings. The van der Waals surface area contributed by atoms with Gasteiger partial charge in [-0.1, -0.05) is 0 Å².